The van der Waals surface area contributed by atoms with E-state index in [2.05, 4.69) is 15.0 Å². The number of ether oxygens (including phenoxy) is 1. The molecule has 2 atom stereocenters. The molecule has 1 aromatic heterocycles. The van der Waals surface area contributed by atoms with Crippen LogP contribution >= 0.6 is 0 Å². The second-order valence-electron chi connectivity index (χ2n) is 4.06. The lowest BCUT2D eigenvalue weighted by Gasteiger charge is -2.17. The van der Waals surface area contributed by atoms with Gasteiger partial charge < -0.3 is 10.1 Å². The second kappa shape index (κ2) is 7.11. The van der Waals surface area contributed by atoms with Crippen LogP contribution in [0.25, 0.3) is 0 Å². The van der Waals surface area contributed by atoms with Gasteiger partial charge in [-0.1, -0.05) is 0 Å². The highest BCUT2D eigenvalue weighted by molar-refractivity contribution is 5.96. The molecule has 0 aliphatic carbocycles. The Kier molecular flexibility index (Phi) is 5.48. The van der Waals surface area contributed by atoms with E-state index >= 15 is 0 Å². The zero-order valence-electron chi connectivity index (χ0n) is 10.8. The lowest BCUT2D eigenvalue weighted by atomic mass is 10.0. The third kappa shape index (κ3) is 4.39. The van der Waals surface area contributed by atoms with Crippen LogP contribution < -0.4 is 5.32 Å². The highest BCUT2D eigenvalue weighted by Crippen LogP contribution is 2.07. The van der Waals surface area contributed by atoms with Crippen LogP contribution in [0.4, 0.5) is 0 Å². The van der Waals surface area contributed by atoms with Crippen LogP contribution in [0.3, 0.4) is 0 Å². The molecule has 0 spiro atoms. The maximum atomic E-state index is 11.9. The molecule has 0 aromatic carbocycles. The Balaban J connectivity index is 2.75. The number of nitriles is 1. The minimum absolute atomic E-state index is 0.204. The molecule has 1 N–H and O–H groups in total. The van der Waals surface area contributed by atoms with Crippen LogP contribution in [0.5, 0.6) is 0 Å². The molecule has 0 unspecified atom stereocenters. The molecule has 1 heterocycles. The Hall–Kier alpha value is -2.42. The van der Waals surface area contributed by atoms with Crippen molar-refractivity contribution < 1.29 is 14.3 Å². The Morgan fingerprint density at radius 3 is 2.84 bits per heavy atom. The molecular formula is C13H15N3O3. The van der Waals surface area contributed by atoms with Gasteiger partial charge in [-0.3, -0.25) is 9.78 Å². The fourth-order valence-corrected chi connectivity index (χ4v) is 1.50. The Morgan fingerprint density at radius 1 is 1.58 bits per heavy atom. The lowest BCUT2D eigenvalue weighted by Crippen LogP contribution is -2.42. The van der Waals surface area contributed by atoms with Gasteiger partial charge in [-0.2, -0.15) is 5.26 Å². The maximum absolute atomic E-state index is 11.9. The van der Waals surface area contributed by atoms with E-state index in [0.29, 0.717) is 5.56 Å². The number of nitrogens with one attached hydrogen (secondary N) is 1. The highest BCUT2D eigenvalue weighted by Gasteiger charge is 2.24. The normalized spacial score (nSPS) is 12.9. The highest BCUT2D eigenvalue weighted by atomic mass is 16.5. The average molecular weight is 261 g/mol. The first-order chi connectivity index (χ1) is 9.08. The van der Waals surface area contributed by atoms with Crippen molar-refractivity contribution in [1.29, 1.82) is 5.26 Å². The number of hydrogen-bond acceptors (Lipinski definition) is 5. The van der Waals surface area contributed by atoms with Gasteiger partial charge in [-0.25, -0.2) is 4.79 Å². The van der Waals surface area contributed by atoms with Gasteiger partial charge in [-0.05, 0) is 25.5 Å². The Bertz CT molecular complexity index is 482. The SMILES string of the molecule is COC(=O)[C@@H](C[C@@H](C)C#N)NC(=O)c1cccnc1. The second-order valence-corrected chi connectivity index (χ2v) is 4.06. The molecule has 6 heteroatoms. The number of aromatic nitrogens is 1. The molecule has 1 amide bonds. The lowest BCUT2D eigenvalue weighted by molar-refractivity contribution is -0.143. The van der Waals surface area contributed by atoms with E-state index in [1.807, 2.05) is 6.07 Å². The van der Waals surface area contributed by atoms with Crippen molar-refractivity contribution in [3.8, 4) is 6.07 Å². The number of carbonyl (C=O) groups is 2. The van der Waals surface area contributed by atoms with Gasteiger partial charge in [-0.15, -0.1) is 0 Å². The predicted molar refractivity (Wildman–Crippen MR) is 66.9 cm³/mol. The van der Waals surface area contributed by atoms with Gasteiger partial charge in [0.1, 0.15) is 6.04 Å². The largest absolute Gasteiger partial charge is 0.467 e. The molecule has 1 rings (SSSR count). The minimum Gasteiger partial charge on any atom is -0.467 e. The topological polar surface area (TPSA) is 92.1 Å². The van der Waals surface area contributed by atoms with E-state index in [1.165, 1.54) is 13.3 Å². The fraction of sp³-hybridized carbons (Fsp3) is 0.385. The number of carbonyl (C=O) groups excluding carboxylic acids is 2. The van der Waals surface area contributed by atoms with E-state index in [0.717, 1.165) is 0 Å². The van der Waals surface area contributed by atoms with Crippen LogP contribution in [0.2, 0.25) is 0 Å². The van der Waals surface area contributed by atoms with Gasteiger partial charge in [0, 0.05) is 18.3 Å². The van der Waals surface area contributed by atoms with E-state index < -0.39 is 17.9 Å². The number of amides is 1. The first-order valence-corrected chi connectivity index (χ1v) is 5.76. The molecule has 0 saturated carbocycles. The summed E-state index contributed by atoms with van der Waals surface area (Å²) in [5.41, 5.74) is 0.348. The quantitative estimate of drug-likeness (QED) is 0.795. The first kappa shape index (κ1) is 14.6. The summed E-state index contributed by atoms with van der Waals surface area (Å²) in [7, 11) is 1.24. The standard InChI is InChI=1S/C13H15N3O3/c1-9(7-14)6-11(13(18)19-2)16-12(17)10-4-3-5-15-8-10/h3-5,8-9,11H,6H2,1-2H3,(H,16,17)/t9-,11-/m1/s1. The van der Waals surface area contributed by atoms with Gasteiger partial charge in [0.25, 0.3) is 5.91 Å². The van der Waals surface area contributed by atoms with Crippen LogP contribution in [-0.4, -0.2) is 30.0 Å². The number of rotatable bonds is 5. The van der Waals surface area contributed by atoms with Gasteiger partial charge in [0.05, 0.1) is 18.7 Å². The summed E-state index contributed by atoms with van der Waals surface area (Å²) in [5, 5.41) is 11.3. The summed E-state index contributed by atoms with van der Waals surface area (Å²) in [6.07, 6.45) is 3.15. The summed E-state index contributed by atoms with van der Waals surface area (Å²) in [4.78, 5) is 27.3. The van der Waals surface area contributed by atoms with Crippen molar-refractivity contribution in [2.75, 3.05) is 7.11 Å². The number of hydrogen-bond donors (Lipinski definition) is 1. The van der Waals surface area contributed by atoms with Gasteiger partial charge in [0.2, 0.25) is 0 Å². The van der Waals surface area contributed by atoms with Crippen molar-refractivity contribution in [3.63, 3.8) is 0 Å². The molecule has 1 aromatic rings. The van der Waals surface area contributed by atoms with Gasteiger partial charge >= 0.3 is 5.97 Å². The molecule has 0 aliphatic rings. The molecule has 0 bridgehead atoms. The predicted octanol–water partition coefficient (Wildman–Crippen LogP) is 0.903. The third-order valence-electron chi connectivity index (χ3n) is 2.52. The van der Waals surface area contributed by atoms with Crippen molar-refractivity contribution in [2.45, 2.75) is 19.4 Å². The van der Waals surface area contributed by atoms with E-state index in [-0.39, 0.29) is 12.3 Å². The fourth-order valence-electron chi connectivity index (χ4n) is 1.50. The summed E-state index contributed by atoms with van der Waals surface area (Å²) in [6, 6.07) is 4.39. The molecule has 19 heavy (non-hydrogen) atoms. The number of pyridine rings is 1. The van der Waals surface area contributed by atoms with E-state index in [9.17, 15) is 9.59 Å². The minimum atomic E-state index is -0.840. The molecule has 0 fully saturated rings. The van der Waals surface area contributed by atoms with Crippen molar-refractivity contribution in [2.24, 2.45) is 5.92 Å². The third-order valence-corrected chi connectivity index (χ3v) is 2.52. The van der Waals surface area contributed by atoms with E-state index in [4.69, 9.17) is 5.26 Å². The average Bonchev–Trinajstić information content (AvgIpc) is 2.46. The molecule has 0 aliphatic heterocycles. The van der Waals surface area contributed by atoms with Crippen LogP contribution in [-0.2, 0) is 9.53 Å². The number of esters is 1. The zero-order chi connectivity index (χ0) is 14.3. The molecule has 0 saturated heterocycles. The smallest absolute Gasteiger partial charge is 0.328 e. The number of methoxy groups -OCH3 is 1. The molecule has 0 radical (unpaired) electrons. The van der Waals surface area contributed by atoms with Crippen molar-refractivity contribution in [1.82, 2.24) is 10.3 Å². The van der Waals surface area contributed by atoms with Crippen molar-refractivity contribution >= 4 is 11.9 Å². The first-order valence-electron chi connectivity index (χ1n) is 5.76. The van der Waals surface area contributed by atoms with Crippen LogP contribution in [0.1, 0.15) is 23.7 Å². The van der Waals surface area contributed by atoms with Crippen molar-refractivity contribution in [3.05, 3.63) is 30.1 Å². The Labute approximate surface area is 111 Å². The monoisotopic (exact) mass is 261 g/mol. The Morgan fingerprint density at radius 2 is 2.32 bits per heavy atom. The summed E-state index contributed by atoms with van der Waals surface area (Å²) in [6.45, 7) is 1.67. The van der Waals surface area contributed by atoms with Crippen LogP contribution in [0.15, 0.2) is 24.5 Å². The summed E-state index contributed by atoms with van der Waals surface area (Å²) in [5.74, 6) is -1.36. The molecule has 6 nitrogen and oxygen atoms in total. The molecular weight excluding hydrogens is 246 g/mol. The van der Waals surface area contributed by atoms with Crippen LogP contribution in [0, 0.1) is 17.2 Å². The zero-order valence-corrected chi connectivity index (χ0v) is 10.8. The summed E-state index contributed by atoms with van der Waals surface area (Å²) >= 11 is 0. The number of nitrogens with zero attached hydrogens (tertiary/aromatic N) is 2. The maximum Gasteiger partial charge on any atom is 0.328 e. The van der Waals surface area contributed by atoms with Gasteiger partial charge in [0.15, 0.2) is 0 Å². The molecule has 100 valence electrons. The summed E-state index contributed by atoms with van der Waals surface area (Å²) < 4.78 is 4.62. The van der Waals surface area contributed by atoms with E-state index in [1.54, 1.807) is 25.3 Å².